The molecule has 0 spiro atoms. The average Bonchev–Trinajstić information content (AvgIpc) is 2.64. The average molecular weight is 375 g/mol. The van der Waals surface area contributed by atoms with Crippen LogP contribution < -0.4 is 21.9 Å². The fourth-order valence-electron chi connectivity index (χ4n) is 2.69. The van der Waals surface area contributed by atoms with Gasteiger partial charge in [0.15, 0.2) is 5.69 Å². The molecule has 0 aliphatic carbocycles. The second kappa shape index (κ2) is 8.30. The fourth-order valence-corrected chi connectivity index (χ4v) is 2.69. The van der Waals surface area contributed by atoms with E-state index >= 15 is 0 Å². The number of nitro benzene ring substituents is 1. The molecule has 0 unspecified atom stereocenters. The highest BCUT2D eigenvalue weighted by Gasteiger charge is 2.25. The molecule has 144 valence electrons. The monoisotopic (exact) mass is 375 g/mol. The van der Waals surface area contributed by atoms with Crippen LogP contribution in [0, 0.1) is 10.1 Å². The first-order chi connectivity index (χ1) is 12.8. The van der Waals surface area contributed by atoms with Gasteiger partial charge < -0.3 is 10.6 Å². The van der Waals surface area contributed by atoms with Crippen LogP contribution in [-0.4, -0.2) is 26.9 Å². The van der Waals surface area contributed by atoms with Crippen molar-refractivity contribution < 1.29 is 9.72 Å². The number of nitrogens with zero attached hydrogens (tertiary/aromatic N) is 3. The van der Waals surface area contributed by atoms with Crippen molar-refractivity contribution in [2.45, 2.75) is 33.2 Å². The van der Waals surface area contributed by atoms with Crippen LogP contribution in [0.2, 0.25) is 0 Å². The number of amides is 1. The van der Waals surface area contributed by atoms with E-state index in [1.807, 2.05) is 6.92 Å². The van der Waals surface area contributed by atoms with E-state index in [4.69, 9.17) is 5.73 Å². The van der Waals surface area contributed by atoms with Gasteiger partial charge in [-0.05, 0) is 19.4 Å². The molecule has 2 aromatic rings. The highest BCUT2D eigenvalue weighted by atomic mass is 16.6. The minimum atomic E-state index is -0.786. The number of rotatable bonds is 7. The molecule has 10 heteroatoms. The molecule has 0 saturated heterocycles. The number of carbonyl (C=O) groups excluding carboxylic acids is 1. The topological polar surface area (TPSA) is 144 Å². The maximum Gasteiger partial charge on any atom is 0.330 e. The fraction of sp³-hybridized carbons (Fsp3) is 0.353. The van der Waals surface area contributed by atoms with E-state index < -0.39 is 22.1 Å². The first-order valence-electron chi connectivity index (χ1n) is 8.50. The van der Waals surface area contributed by atoms with Gasteiger partial charge in [-0.15, -0.1) is 0 Å². The van der Waals surface area contributed by atoms with Crippen LogP contribution >= 0.6 is 0 Å². The summed E-state index contributed by atoms with van der Waals surface area (Å²) in [4.78, 5) is 50.9. The summed E-state index contributed by atoms with van der Waals surface area (Å²) in [6.45, 7) is 3.96. The van der Waals surface area contributed by atoms with Crippen LogP contribution in [0.15, 0.2) is 33.9 Å². The number of hydrogen-bond donors (Lipinski definition) is 2. The molecule has 0 fully saturated rings. The first kappa shape index (κ1) is 19.9. The number of nitro groups is 1. The Morgan fingerprint density at radius 2 is 2.04 bits per heavy atom. The van der Waals surface area contributed by atoms with Crippen LogP contribution in [0.25, 0.3) is 0 Å². The third-order valence-electron chi connectivity index (χ3n) is 4.08. The quantitative estimate of drug-likeness (QED) is 0.554. The molecule has 27 heavy (non-hydrogen) atoms. The van der Waals surface area contributed by atoms with Crippen LogP contribution in [-0.2, 0) is 6.54 Å². The summed E-state index contributed by atoms with van der Waals surface area (Å²) in [5, 5.41) is 10.9. The highest BCUT2D eigenvalue weighted by molar-refractivity contribution is 6.07. The maximum absolute atomic E-state index is 12.9. The van der Waals surface area contributed by atoms with Gasteiger partial charge in [-0.3, -0.25) is 29.3 Å². The van der Waals surface area contributed by atoms with E-state index in [0.29, 0.717) is 13.0 Å². The van der Waals surface area contributed by atoms with Crippen molar-refractivity contribution in [3.05, 3.63) is 60.8 Å². The molecule has 0 saturated carbocycles. The minimum Gasteiger partial charge on any atom is -0.383 e. The van der Waals surface area contributed by atoms with Crippen LogP contribution in [0.4, 0.5) is 17.2 Å². The summed E-state index contributed by atoms with van der Waals surface area (Å²) >= 11 is 0. The lowest BCUT2D eigenvalue weighted by Gasteiger charge is -2.23. The molecule has 1 heterocycles. The second-order valence-corrected chi connectivity index (χ2v) is 5.86. The van der Waals surface area contributed by atoms with Gasteiger partial charge in [0, 0.05) is 30.8 Å². The third kappa shape index (κ3) is 4.05. The predicted octanol–water partition coefficient (Wildman–Crippen LogP) is 1.49. The number of aromatic amines is 1. The molecule has 1 aromatic heterocycles. The number of anilines is 2. The molecular formula is C17H21N5O5. The Labute approximate surface area is 154 Å². The van der Waals surface area contributed by atoms with Gasteiger partial charge in [0.05, 0.1) is 4.92 Å². The molecule has 1 amide bonds. The van der Waals surface area contributed by atoms with E-state index in [2.05, 4.69) is 4.98 Å². The molecule has 1 aromatic carbocycles. The highest BCUT2D eigenvalue weighted by Crippen LogP contribution is 2.21. The minimum absolute atomic E-state index is 0.0381. The Bertz CT molecular complexity index is 978. The molecule has 0 atom stereocenters. The molecule has 0 aliphatic rings. The predicted molar refractivity (Wildman–Crippen MR) is 101 cm³/mol. The number of H-pyrrole nitrogens is 1. The van der Waals surface area contributed by atoms with Gasteiger partial charge in [-0.2, -0.15) is 0 Å². The molecule has 0 bridgehead atoms. The van der Waals surface area contributed by atoms with Crippen molar-refractivity contribution >= 4 is 23.1 Å². The van der Waals surface area contributed by atoms with Gasteiger partial charge >= 0.3 is 5.69 Å². The van der Waals surface area contributed by atoms with Crippen molar-refractivity contribution in [1.29, 1.82) is 0 Å². The van der Waals surface area contributed by atoms with Gasteiger partial charge in [0.25, 0.3) is 17.2 Å². The number of hydrogen-bond acceptors (Lipinski definition) is 6. The van der Waals surface area contributed by atoms with Crippen molar-refractivity contribution in [3.8, 4) is 0 Å². The molecular weight excluding hydrogens is 354 g/mol. The summed E-state index contributed by atoms with van der Waals surface area (Å²) in [7, 11) is 0. The van der Waals surface area contributed by atoms with E-state index in [9.17, 15) is 24.5 Å². The normalized spacial score (nSPS) is 10.6. The lowest BCUT2D eigenvalue weighted by atomic mass is 10.1. The summed E-state index contributed by atoms with van der Waals surface area (Å²) in [6, 6.07) is 5.19. The van der Waals surface area contributed by atoms with Crippen LogP contribution in [0.3, 0.4) is 0 Å². The summed E-state index contributed by atoms with van der Waals surface area (Å²) in [6.07, 6.45) is 1.48. The van der Waals surface area contributed by atoms with Crippen LogP contribution in [0.1, 0.15) is 37.0 Å². The van der Waals surface area contributed by atoms with E-state index in [1.54, 1.807) is 6.92 Å². The van der Waals surface area contributed by atoms with Crippen molar-refractivity contribution in [3.63, 3.8) is 0 Å². The summed E-state index contributed by atoms with van der Waals surface area (Å²) < 4.78 is 1.21. The molecule has 0 radical (unpaired) electrons. The Morgan fingerprint density at radius 1 is 1.33 bits per heavy atom. The number of carbonyl (C=O) groups is 1. The Hall–Kier alpha value is -3.43. The number of nitrogens with two attached hydrogens (primary N) is 1. The van der Waals surface area contributed by atoms with Crippen molar-refractivity contribution in [2.24, 2.45) is 0 Å². The van der Waals surface area contributed by atoms with Crippen molar-refractivity contribution in [1.82, 2.24) is 9.55 Å². The van der Waals surface area contributed by atoms with Crippen LogP contribution in [0.5, 0.6) is 0 Å². The van der Waals surface area contributed by atoms with Gasteiger partial charge in [-0.1, -0.05) is 19.4 Å². The SMILES string of the molecule is CCCCn1c(N)c(N(CC)C(=O)c2cccc([N+](=O)[O-])c2)c(=O)[nH]c1=O. The lowest BCUT2D eigenvalue weighted by molar-refractivity contribution is -0.384. The molecule has 10 nitrogen and oxygen atoms in total. The molecule has 0 aliphatic heterocycles. The Morgan fingerprint density at radius 3 is 2.63 bits per heavy atom. The molecule has 2 rings (SSSR count). The largest absolute Gasteiger partial charge is 0.383 e. The third-order valence-corrected chi connectivity index (χ3v) is 4.08. The molecule has 3 N–H and O–H groups in total. The zero-order chi connectivity index (χ0) is 20.1. The first-order valence-corrected chi connectivity index (χ1v) is 8.50. The van der Waals surface area contributed by atoms with Gasteiger partial charge in [0.2, 0.25) is 0 Å². The zero-order valence-corrected chi connectivity index (χ0v) is 15.1. The lowest BCUT2D eigenvalue weighted by Crippen LogP contribution is -2.41. The number of benzene rings is 1. The number of non-ortho nitro benzene ring substituents is 1. The van der Waals surface area contributed by atoms with E-state index in [1.165, 1.54) is 22.8 Å². The second-order valence-electron chi connectivity index (χ2n) is 5.86. The number of unbranched alkanes of at least 4 members (excludes halogenated alkanes) is 1. The number of aromatic nitrogens is 2. The van der Waals surface area contributed by atoms with E-state index in [0.717, 1.165) is 17.4 Å². The van der Waals surface area contributed by atoms with Crippen molar-refractivity contribution in [2.75, 3.05) is 17.2 Å². The smallest absolute Gasteiger partial charge is 0.330 e. The number of nitrogen functional groups attached to an aromatic ring is 1. The van der Waals surface area contributed by atoms with Gasteiger partial charge in [-0.25, -0.2) is 4.79 Å². The Balaban J connectivity index is 2.55. The number of nitrogens with one attached hydrogen (secondary N) is 1. The van der Waals surface area contributed by atoms with Gasteiger partial charge in [0.1, 0.15) is 5.82 Å². The maximum atomic E-state index is 12.9. The summed E-state index contributed by atoms with van der Waals surface area (Å²) in [5.74, 6) is -0.739. The standard InChI is InChI=1S/C17H21N5O5/c1-3-5-9-21-14(18)13(15(23)19-17(21)25)20(4-2)16(24)11-7-6-8-12(10-11)22(26)27/h6-8,10H,3-5,9,18H2,1-2H3,(H,19,23,25). The summed E-state index contributed by atoms with van der Waals surface area (Å²) in [5.41, 5.74) is 4.25. The van der Waals surface area contributed by atoms with E-state index in [-0.39, 0.29) is 29.3 Å². The zero-order valence-electron chi connectivity index (χ0n) is 15.1. The Kier molecular flexibility index (Phi) is 6.11.